The van der Waals surface area contributed by atoms with Gasteiger partial charge < -0.3 is 10.5 Å². The average molecular weight is 247 g/mol. The van der Waals surface area contributed by atoms with E-state index >= 15 is 0 Å². The number of nitrogens with two attached hydrogens (primary N) is 1. The van der Waals surface area contributed by atoms with Crippen LogP contribution in [0.3, 0.4) is 0 Å². The second-order valence-electron chi connectivity index (χ2n) is 3.59. The SMILES string of the molecule is COC(=O)CC(N)(c1ccccc1)C(F)(F)F. The molecule has 0 aliphatic heterocycles. The van der Waals surface area contributed by atoms with Crippen molar-refractivity contribution in [1.29, 1.82) is 0 Å². The molecule has 0 heterocycles. The van der Waals surface area contributed by atoms with Crippen molar-refractivity contribution < 1.29 is 22.7 Å². The van der Waals surface area contributed by atoms with Crippen LogP contribution in [0.25, 0.3) is 0 Å². The molecule has 0 aliphatic carbocycles. The van der Waals surface area contributed by atoms with Gasteiger partial charge in [0.15, 0.2) is 0 Å². The molecule has 0 fully saturated rings. The lowest BCUT2D eigenvalue weighted by Crippen LogP contribution is -2.52. The highest BCUT2D eigenvalue weighted by atomic mass is 19.4. The van der Waals surface area contributed by atoms with Crippen molar-refractivity contribution in [1.82, 2.24) is 0 Å². The van der Waals surface area contributed by atoms with E-state index in [4.69, 9.17) is 5.73 Å². The van der Waals surface area contributed by atoms with Crippen LogP contribution in [0.4, 0.5) is 13.2 Å². The van der Waals surface area contributed by atoms with Gasteiger partial charge in [-0.25, -0.2) is 0 Å². The third-order valence-corrected chi connectivity index (χ3v) is 2.45. The summed E-state index contributed by atoms with van der Waals surface area (Å²) in [5, 5.41) is 0. The highest BCUT2D eigenvalue weighted by Gasteiger charge is 2.54. The van der Waals surface area contributed by atoms with Crippen molar-refractivity contribution >= 4 is 5.97 Å². The fourth-order valence-electron chi connectivity index (χ4n) is 1.40. The maximum absolute atomic E-state index is 13.0. The minimum Gasteiger partial charge on any atom is -0.469 e. The zero-order chi connectivity index (χ0) is 13.1. The predicted molar refractivity (Wildman–Crippen MR) is 55.0 cm³/mol. The van der Waals surface area contributed by atoms with E-state index in [1.165, 1.54) is 24.3 Å². The third-order valence-electron chi connectivity index (χ3n) is 2.45. The van der Waals surface area contributed by atoms with Crippen molar-refractivity contribution in [3.8, 4) is 0 Å². The number of ether oxygens (including phenoxy) is 1. The van der Waals surface area contributed by atoms with Crippen LogP contribution in [-0.4, -0.2) is 19.3 Å². The molecule has 1 rings (SSSR count). The van der Waals surface area contributed by atoms with Gasteiger partial charge in [-0.1, -0.05) is 30.3 Å². The molecule has 0 spiro atoms. The number of benzene rings is 1. The molecule has 2 N–H and O–H groups in total. The van der Waals surface area contributed by atoms with E-state index in [1.54, 1.807) is 6.07 Å². The van der Waals surface area contributed by atoms with Crippen molar-refractivity contribution in [3.05, 3.63) is 35.9 Å². The van der Waals surface area contributed by atoms with Crippen LogP contribution in [0.2, 0.25) is 0 Å². The molecule has 0 saturated heterocycles. The van der Waals surface area contributed by atoms with E-state index < -0.39 is 24.1 Å². The summed E-state index contributed by atoms with van der Waals surface area (Å²) >= 11 is 0. The van der Waals surface area contributed by atoms with Gasteiger partial charge in [-0.15, -0.1) is 0 Å². The number of rotatable bonds is 3. The predicted octanol–water partition coefficient (Wildman–Crippen LogP) is 1.97. The van der Waals surface area contributed by atoms with Crippen LogP contribution in [0.5, 0.6) is 0 Å². The molecule has 0 amide bonds. The number of carbonyl (C=O) groups excluding carboxylic acids is 1. The lowest BCUT2D eigenvalue weighted by atomic mass is 9.87. The molecular weight excluding hydrogens is 235 g/mol. The smallest absolute Gasteiger partial charge is 0.411 e. The first kappa shape index (κ1) is 13.5. The summed E-state index contributed by atoms with van der Waals surface area (Å²) in [6.07, 6.45) is -5.68. The Labute approximate surface area is 96.4 Å². The Balaban J connectivity index is 3.16. The molecule has 0 bridgehead atoms. The summed E-state index contributed by atoms with van der Waals surface area (Å²) in [6, 6.07) is 6.89. The molecule has 3 nitrogen and oxygen atoms in total. The van der Waals surface area contributed by atoms with Crippen LogP contribution in [0.1, 0.15) is 12.0 Å². The largest absolute Gasteiger partial charge is 0.469 e. The number of methoxy groups -OCH3 is 1. The molecule has 0 aliphatic rings. The zero-order valence-electron chi connectivity index (χ0n) is 9.12. The molecule has 6 heteroatoms. The summed E-state index contributed by atoms with van der Waals surface area (Å²) in [5.74, 6) is -1.01. The van der Waals surface area contributed by atoms with Crippen molar-refractivity contribution in [3.63, 3.8) is 0 Å². The molecule has 0 aromatic heterocycles. The van der Waals surface area contributed by atoms with Crippen LogP contribution < -0.4 is 5.73 Å². The summed E-state index contributed by atoms with van der Waals surface area (Å²) < 4.78 is 43.1. The summed E-state index contributed by atoms with van der Waals surface area (Å²) in [6.45, 7) is 0. The Kier molecular flexibility index (Phi) is 3.77. The van der Waals surface area contributed by atoms with E-state index in [-0.39, 0.29) is 5.56 Å². The van der Waals surface area contributed by atoms with Crippen LogP contribution >= 0.6 is 0 Å². The minimum atomic E-state index is -4.73. The zero-order valence-corrected chi connectivity index (χ0v) is 9.12. The number of carbonyl (C=O) groups is 1. The van der Waals surface area contributed by atoms with Gasteiger partial charge in [0.1, 0.15) is 5.54 Å². The number of hydrogen-bond donors (Lipinski definition) is 1. The topological polar surface area (TPSA) is 52.3 Å². The van der Waals surface area contributed by atoms with Crippen molar-refractivity contribution in [2.45, 2.75) is 18.1 Å². The molecule has 0 radical (unpaired) electrons. The van der Waals surface area contributed by atoms with Crippen LogP contribution in [0.15, 0.2) is 30.3 Å². The van der Waals surface area contributed by atoms with E-state index in [1.807, 2.05) is 0 Å². The third kappa shape index (κ3) is 2.76. The van der Waals surface area contributed by atoms with E-state index in [0.717, 1.165) is 7.11 Å². The van der Waals surface area contributed by atoms with Gasteiger partial charge in [-0.2, -0.15) is 13.2 Å². The Hall–Kier alpha value is -1.56. The molecule has 1 atom stereocenters. The maximum atomic E-state index is 13.0. The molecule has 94 valence electrons. The average Bonchev–Trinajstić information content (AvgIpc) is 2.28. The van der Waals surface area contributed by atoms with E-state index in [0.29, 0.717) is 0 Å². The number of esters is 1. The molecular formula is C11H12F3NO2. The molecule has 1 unspecified atom stereocenters. The summed E-state index contributed by atoms with van der Waals surface area (Å²) in [5.41, 5.74) is 2.46. The van der Waals surface area contributed by atoms with Crippen molar-refractivity contribution in [2.24, 2.45) is 5.73 Å². The Morgan fingerprint density at radius 1 is 1.29 bits per heavy atom. The van der Waals surface area contributed by atoms with E-state index in [2.05, 4.69) is 4.74 Å². The molecule has 17 heavy (non-hydrogen) atoms. The van der Waals surface area contributed by atoms with Gasteiger partial charge >= 0.3 is 12.1 Å². The Bertz CT molecular complexity index is 391. The van der Waals surface area contributed by atoms with Crippen LogP contribution in [0, 0.1) is 0 Å². The van der Waals surface area contributed by atoms with Gasteiger partial charge in [-0.05, 0) is 5.56 Å². The first-order valence-electron chi connectivity index (χ1n) is 4.79. The van der Waals surface area contributed by atoms with Gasteiger partial charge in [0.05, 0.1) is 13.5 Å². The van der Waals surface area contributed by atoms with E-state index in [9.17, 15) is 18.0 Å². The molecule has 1 aromatic carbocycles. The number of hydrogen-bond acceptors (Lipinski definition) is 3. The standard InChI is InChI=1S/C11H12F3NO2/c1-17-9(16)7-10(15,11(12,13)14)8-5-3-2-4-6-8/h2-6H,7,15H2,1H3. The lowest BCUT2D eigenvalue weighted by molar-refractivity contribution is -0.197. The quantitative estimate of drug-likeness (QED) is 0.831. The highest BCUT2D eigenvalue weighted by molar-refractivity contribution is 5.71. The second-order valence-corrected chi connectivity index (χ2v) is 3.59. The summed E-state index contributed by atoms with van der Waals surface area (Å²) in [7, 11) is 1.02. The Morgan fingerprint density at radius 3 is 2.24 bits per heavy atom. The maximum Gasteiger partial charge on any atom is 0.411 e. The van der Waals surface area contributed by atoms with Crippen molar-refractivity contribution in [2.75, 3.05) is 7.11 Å². The monoisotopic (exact) mass is 247 g/mol. The van der Waals surface area contributed by atoms with Gasteiger partial charge in [-0.3, -0.25) is 4.79 Å². The minimum absolute atomic E-state index is 0.169. The highest BCUT2D eigenvalue weighted by Crippen LogP contribution is 2.39. The number of alkyl halides is 3. The molecule has 0 saturated carbocycles. The normalized spacial score (nSPS) is 15.1. The lowest BCUT2D eigenvalue weighted by Gasteiger charge is -2.31. The number of halogens is 3. The molecule has 1 aromatic rings. The van der Waals surface area contributed by atoms with Gasteiger partial charge in [0.2, 0.25) is 0 Å². The Morgan fingerprint density at radius 2 is 1.82 bits per heavy atom. The van der Waals surface area contributed by atoms with Gasteiger partial charge in [0.25, 0.3) is 0 Å². The first-order chi connectivity index (χ1) is 7.81. The first-order valence-corrected chi connectivity index (χ1v) is 4.79. The van der Waals surface area contributed by atoms with Crippen LogP contribution in [-0.2, 0) is 15.1 Å². The fourth-order valence-corrected chi connectivity index (χ4v) is 1.40. The summed E-state index contributed by atoms with van der Waals surface area (Å²) in [4.78, 5) is 11.0. The second kappa shape index (κ2) is 4.75. The van der Waals surface area contributed by atoms with Gasteiger partial charge in [0, 0.05) is 0 Å². The fraction of sp³-hybridized carbons (Fsp3) is 0.364.